The summed E-state index contributed by atoms with van der Waals surface area (Å²) in [5, 5.41) is 1.20. The first kappa shape index (κ1) is 13.2. The highest BCUT2D eigenvalue weighted by Crippen LogP contribution is 2.21. The summed E-state index contributed by atoms with van der Waals surface area (Å²) in [5.41, 5.74) is 2.87. The highest BCUT2D eigenvalue weighted by Gasteiger charge is 2.10. The van der Waals surface area contributed by atoms with Crippen molar-refractivity contribution in [3.05, 3.63) is 70.6 Å². The molecule has 0 atom stereocenters. The number of hydrogen-bond acceptors (Lipinski definition) is 3. The van der Waals surface area contributed by atoms with Gasteiger partial charge < -0.3 is 4.90 Å². The topological polar surface area (TPSA) is 28.5 Å². The third-order valence-corrected chi connectivity index (χ3v) is 3.43. The molecule has 0 radical (unpaired) electrons. The Kier molecular flexibility index (Phi) is 3.72. The van der Waals surface area contributed by atoms with Crippen molar-refractivity contribution in [3.8, 4) is 0 Å². The summed E-state index contributed by atoms with van der Waals surface area (Å²) in [6.45, 7) is 0.550. The van der Waals surface area contributed by atoms with Gasteiger partial charge in [0.05, 0.1) is 5.71 Å². The highest BCUT2D eigenvalue weighted by molar-refractivity contribution is 6.30. The average Bonchev–Trinajstić information content (AvgIpc) is 2.48. The molecule has 20 heavy (non-hydrogen) atoms. The molecule has 0 saturated heterocycles. The predicted molar refractivity (Wildman–Crippen MR) is 83.7 cm³/mol. The van der Waals surface area contributed by atoms with Crippen LogP contribution in [0.1, 0.15) is 5.56 Å². The lowest BCUT2D eigenvalue weighted by Crippen LogP contribution is -2.21. The van der Waals surface area contributed by atoms with E-state index in [4.69, 9.17) is 23.2 Å². The average molecular weight is 304 g/mol. The molecule has 0 amide bonds. The fourth-order valence-electron chi connectivity index (χ4n) is 1.95. The van der Waals surface area contributed by atoms with Crippen LogP contribution >= 0.6 is 23.2 Å². The second-order valence-corrected chi connectivity index (χ2v) is 5.14. The first-order valence-electron chi connectivity index (χ1n) is 6.09. The fraction of sp³-hybridized carbons (Fsp3) is 0.0667. The number of anilines is 1. The largest absolute Gasteiger partial charge is 0.328 e. The lowest BCUT2D eigenvalue weighted by Gasteiger charge is -2.22. The summed E-state index contributed by atoms with van der Waals surface area (Å²) in [6.07, 6.45) is 5.67. The number of rotatable bonds is 2. The van der Waals surface area contributed by atoms with Crippen molar-refractivity contribution in [2.24, 2.45) is 4.99 Å². The molecule has 3 nitrogen and oxygen atoms in total. The Balaban J connectivity index is 1.79. The molecular weight excluding hydrogens is 293 g/mol. The van der Waals surface area contributed by atoms with Gasteiger partial charge in [0.1, 0.15) is 11.8 Å². The maximum Gasteiger partial charge on any atom is 0.129 e. The summed E-state index contributed by atoms with van der Waals surface area (Å²) in [4.78, 5) is 10.6. The summed E-state index contributed by atoms with van der Waals surface area (Å²) in [6, 6.07) is 11.4. The molecule has 1 aromatic heterocycles. The SMILES string of the molecule is Clc1cccc(N2C=CC(c3ccc(Cl)nc3)=NC2)c1. The van der Waals surface area contributed by atoms with Crippen LogP contribution < -0.4 is 4.90 Å². The van der Waals surface area contributed by atoms with E-state index >= 15 is 0 Å². The van der Waals surface area contributed by atoms with Gasteiger partial charge in [0.15, 0.2) is 0 Å². The molecule has 3 rings (SSSR count). The summed E-state index contributed by atoms with van der Waals surface area (Å²) < 4.78 is 0. The zero-order valence-electron chi connectivity index (χ0n) is 10.5. The Labute approximate surface area is 127 Å². The Morgan fingerprint density at radius 2 is 2.00 bits per heavy atom. The van der Waals surface area contributed by atoms with Crippen LogP contribution in [0, 0.1) is 0 Å². The van der Waals surface area contributed by atoms with Crippen LogP contribution in [0.2, 0.25) is 10.2 Å². The summed E-state index contributed by atoms with van der Waals surface area (Å²) in [7, 11) is 0. The van der Waals surface area contributed by atoms with Crippen molar-refractivity contribution >= 4 is 34.6 Å². The van der Waals surface area contributed by atoms with E-state index in [0.717, 1.165) is 17.0 Å². The van der Waals surface area contributed by atoms with Gasteiger partial charge in [-0.15, -0.1) is 0 Å². The number of aromatic nitrogens is 1. The first-order chi connectivity index (χ1) is 9.72. The Morgan fingerprint density at radius 3 is 2.65 bits per heavy atom. The van der Waals surface area contributed by atoms with Crippen molar-refractivity contribution in [3.63, 3.8) is 0 Å². The standard InChI is InChI=1S/C15H11Cl2N3/c16-12-2-1-3-13(8-12)20-7-6-14(19-10-20)11-4-5-15(17)18-9-11/h1-9H,10H2. The van der Waals surface area contributed by atoms with Crippen molar-refractivity contribution < 1.29 is 0 Å². The molecule has 0 aliphatic carbocycles. The first-order valence-corrected chi connectivity index (χ1v) is 6.85. The second-order valence-electron chi connectivity index (χ2n) is 4.32. The van der Waals surface area contributed by atoms with E-state index in [9.17, 15) is 0 Å². The van der Waals surface area contributed by atoms with Crippen molar-refractivity contribution in [2.75, 3.05) is 11.6 Å². The highest BCUT2D eigenvalue weighted by atomic mass is 35.5. The summed E-state index contributed by atoms with van der Waals surface area (Å²) >= 11 is 11.8. The van der Waals surface area contributed by atoms with Crippen LogP contribution in [-0.2, 0) is 0 Å². The van der Waals surface area contributed by atoms with Crippen LogP contribution in [0.3, 0.4) is 0 Å². The number of allylic oxidation sites excluding steroid dienone is 1. The van der Waals surface area contributed by atoms with Crippen LogP contribution in [0.25, 0.3) is 0 Å². The molecule has 1 aromatic carbocycles. The minimum absolute atomic E-state index is 0.481. The van der Waals surface area contributed by atoms with Gasteiger partial charge in [-0.2, -0.15) is 0 Å². The molecule has 0 N–H and O–H groups in total. The van der Waals surface area contributed by atoms with Crippen LogP contribution in [0.4, 0.5) is 5.69 Å². The number of hydrogen-bond donors (Lipinski definition) is 0. The number of aliphatic imine (C=N–C) groups is 1. The maximum atomic E-state index is 6.00. The van der Waals surface area contributed by atoms with E-state index in [1.165, 1.54) is 0 Å². The monoisotopic (exact) mass is 303 g/mol. The third kappa shape index (κ3) is 2.84. The Morgan fingerprint density at radius 1 is 1.10 bits per heavy atom. The van der Waals surface area contributed by atoms with Gasteiger partial charge in [-0.05, 0) is 36.4 Å². The predicted octanol–water partition coefficient (Wildman–Crippen LogP) is 4.17. The van der Waals surface area contributed by atoms with Gasteiger partial charge in [-0.1, -0.05) is 29.3 Å². The molecule has 0 saturated carbocycles. The molecule has 2 aromatic rings. The molecule has 2 heterocycles. The zero-order valence-corrected chi connectivity index (χ0v) is 12.0. The zero-order chi connectivity index (χ0) is 13.9. The van der Waals surface area contributed by atoms with E-state index in [0.29, 0.717) is 16.8 Å². The van der Waals surface area contributed by atoms with E-state index in [1.807, 2.05) is 47.5 Å². The van der Waals surface area contributed by atoms with Crippen LogP contribution in [0.15, 0.2) is 59.9 Å². The lowest BCUT2D eigenvalue weighted by atomic mass is 10.1. The quantitative estimate of drug-likeness (QED) is 0.779. The van der Waals surface area contributed by atoms with E-state index in [-0.39, 0.29) is 0 Å². The van der Waals surface area contributed by atoms with Gasteiger partial charge in [-0.3, -0.25) is 4.99 Å². The Hall–Kier alpha value is -1.84. The normalized spacial score (nSPS) is 14.3. The Bertz CT molecular complexity index is 678. The maximum absolute atomic E-state index is 6.00. The molecule has 1 aliphatic rings. The molecule has 0 fully saturated rings. The van der Waals surface area contributed by atoms with Gasteiger partial charge in [-0.25, -0.2) is 4.98 Å². The van der Waals surface area contributed by atoms with Crippen molar-refractivity contribution in [1.82, 2.24) is 4.98 Å². The van der Waals surface area contributed by atoms with Crippen molar-refractivity contribution in [1.29, 1.82) is 0 Å². The van der Waals surface area contributed by atoms with E-state index in [1.54, 1.807) is 12.3 Å². The van der Waals surface area contributed by atoms with Gasteiger partial charge in [0.25, 0.3) is 0 Å². The van der Waals surface area contributed by atoms with Gasteiger partial charge in [0.2, 0.25) is 0 Å². The molecule has 0 bridgehead atoms. The van der Waals surface area contributed by atoms with Gasteiger partial charge >= 0.3 is 0 Å². The van der Waals surface area contributed by atoms with E-state index in [2.05, 4.69) is 9.98 Å². The molecule has 5 heteroatoms. The van der Waals surface area contributed by atoms with Gasteiger partial charge in [0, 0.05) is 28.7 Å². The number of pyridine rings is 1. The molecule has 100 valence electrons. The molecular formula is C15H11Cl2N3. The van der Waals surface area contributed by atoms with E-state index < -0.39 is 0 Å². The molecule has 0 spiro atoms. The number of halogens is 2. The number of nitrogens with zero attached hydrogens (tertiary/aromatic N) is 3. The summed E-state index contributed by atoms with van der Waals surface area (Å²) in [5.74, 6) is 0. The van der Waals surface area contributed by atoms with Crippen molar-refractivity contribution in [2.45, 2.75) is 0 Å². The fourth-order valence-corrected chi connectivity index (χ4v) is 2.25. The smallest absolute Gasteiger partial charge is 0.129 e. The number of benzene rings is 1. The van der Waals surface area contributed by atoms with Crippen LogP contribution in [0.5, 0.6) is 0 Å². The lowest BCUT2D eigenvalue weighted by molar-refractivity contribution is 0.963. The van der Waals surface area contributed by atoms with Crippen LogP contribution in [-0.4, -0.2) is 17.4 Å². The molecule has 0 unspecified atom stereocenters. The second kappa shape index (κ2) is 5.65. The minimum atomic E-state index is 0.481. The molecule has 1 aliphatic heterocycles. The third-order valence-electron chi connectivity index (χ3n) is 2.97. The minimum Gasteiger partial charge on any atom is -0.328 e.